The van der Waals surface area contributed by atoms with E-state index < -0.39 is 0 Å². The van der Waals surface area contributed by atoms with Crippen LogP contribution in [0.15, 0.2) is 160 Å². The Balaban J connectivity index is 1.39. The van der Waals surface area contributed by atoms with Crippen LogP contribution in [0.3, 0.4) is 0 Å². The molecule has 3 heteroatoms. The smallest absolute Gasteiger partial charge is 0.138 e. The predicted molar refractivity (Wildman–Crippen MR) is 179 cm³/mol. The normalized spacial score (nSPS) is 11.7. The van der Waals surface area contributed by atoms with Gasteiger partial charge in [0.1, 0.15) is 22.3 Å². The van der Waals surface area contributed by atoms with Crippen LogP contribution in [0.4, 0.5) is 17.1 Å². The molecule has 0 spiro atoms. The number of hydrogen-bond acceptors (Lipinski definition) is 3. The van der Waals surface area contributed by atoms with Crippen LogP contribution >= 0.6 is 0 Å². The molecule has 0 fully saturated rings. The van der Waals surface area contributed by atoms with Crippen molar-refractivity contribution in [2.24, 2.45) is 0 Å². The summed E-state index contributed by atoms with van der Waals surface area (Å²) >= 11 is 0. The van der Waals surface area contributed by atoms with E-state index in [9.17, 15) is 0 Å². The number of para-hydroxylation sites is 3. The van der Waals surface area contributed by atoms with Crippen molar-refractivity contribution in [1.29, 1.82) is 0 Å². The van der Waals surface area contributed by atoms with Crippen LogP contribution in [0.1, 0.15) is 0 Å². The van der Waals surface area contributed by atoms with Gasteiger partial charge in [0.05, 0.1) is 11.4 Å². The van der Waals surface area contributed by atoms with E-state index in [1.54, 1.807) is 0 Å². The van der Waals surface area contributed by atoms with Crippen molar-refractivity contribution < 1.29 is 8.83 Å². The Bertz CT molecular complexity index is 2470. The zero-order valence-corrected chi connectivity index (χ0v) is 23.2. The van der Waals surface area contributed by atoms with Gasteiger partial charge in [-0.25, -0.2) is 0 Å². The summed E-state index contributed by atoms with van der Waals surface area (Å²) in [6.45, 7) is 0. The number of furan rings is 2. The lowest BCUT2D eigenvalue weighted by Gasteiger charge is -2.29. The number of benzene rings is 7. The Kier molecular flexibility index (Phi) is 5.20. The fraction of sp³-hybridized carbons (Fsp3) is 0. The fourth-order valence-electron chi connectivity index (χ4n) is 6.55. The van der Waals surface area contributed by atoms with Gasteiger partial charge in [-0.3, -0.25) is 0 Å². The second-order valence-electron chi connectivity index (χ2n) is 10.9. The van der Waals surface area contributed by atoms with Gasteiger partial charge in [0, 0.05) is 50.3 Å². The summed E-state index contributed by atoms with van der Waals surface area (Å²) in [4.78, 5) is 2.35. The fourth-order valence-corrected chi connectivity index (χ4v) is 6.55. The number of rotatable bonds is 4. The third-order valence-electron chi connectivity index (χ3n) is 8.45. The van der Waals surface area contributed by atoms with Gasteiger partial charge >= 0.3 is 0 Å². The molecule has 2 heterocycles. The van der Waals surface area contributed by atoms with Crippen molar-refractivity contribution in [2.45, 2.75) is 0 Å². The first-order valence-corrected chi connectivity index (χ1v) is 14.5. The molecule has 9 aromatic rings. The molecule has 2 aromatic heterocycles. The van der Waals surface area contributed by atoms with Crippen LogP contribution in [0.5, 0.6) is 0 Å². The third kappa shape index (κ3) is 3.68. The van der Waals surface area contributed by atoms with Gasteiger partial charge in [0.2, 0.25) is 0 Å². The largest absolute Gasteiger partial charge is 0.456 e. The summed E-state index contributed by atoms with van der Waals surface area (Å²) in [6.07, 6.45) is 0. The van der Waals surface area contributed by atoms with Gasteiger partial charge in [0.15, 0.2) is 0 Å². The molecule has 3 nitrogen and oxygen atoms in total. The lowest BCUT2D eigenvalue weighted by Crippen LogP contribution is -2.11. The third-order valence-corrected chi connectivity index (χ3v) is 8.45. The van der Waals surface area contributed by atoms with Gasteiger partial charge in [-0.1, -0.05) is 109 Å². The zero-order valence-electron chi connectivity index (χ0n) is 23.2. The van der Waals surface area contributed by atoms with E-state index in [4.69, 9.17) is 8.83 Å². The Morgan fingerprint density at radius 3 is 1.81 bits per heavy atom. The van der Waals surface area contributed by atoms with E-state index in [1.165, 1.54) is 0 Å². The molecule has 0 saturated heterocycles. The number of hydrogen-bond donors (Lipinski definition) is 0. The van der Waals surface area contributed by atoms with Crippen LogP contribution in [0.25, 0.3) is 65.8 Å². The van der Waals surface area contributed by atoms with E-state index in [1.807, 2.05) is 24.3 Å². The Morgan fingerprint density at radius 2 is 0.977 bits per heavy atom. The van der Waals surface area contributed by atoms with Gasteiger partial charge in [-0.15, -0.1) is 0 Å². The Hall–Kier alpha value is -5.80. The van der Waals surface area contributed by atoms with Gasteiger partial charge in [-0.2, -0.15) is 0 Å². The minimum absolute atomic E-state index is 0.856. The molecule has 0 N–H and O–H groups in total. The molecule has 202 valence electrons. The first-order chi connectivity index (χ1) is 21.3. The van der Waals surface area contributed by atoms with Crippen molar-refractivity contribution in [3.8, 4) is 11.1 Å². The second kappa shape index (κ2) is 9.37. The number of nitrogens with zero attached hydrogens (tertiary/aromatic N) is 1. The maximum atomic E-state index is 6.50. The monoisotopic (exact) mass is 551 g/mol. The minimum Gasteiger partial charge on any atom is -0.456 e. The molecule has 0 aliphatic carbocycles. The molecule has 0 radical (unpaired) electrons. The summed E-state index contributed by atoms with van der Waals surface area (Å²) in [5, 5.41) is 6.79. The number of fused-ring (bicyclic) bond motifs is 8. The van der Waals surface area contributed by atoms with Crippen LogP contribution in [-0.4, -0.2) is 0 Å². The average Bonchev–Trinajstić information content (AvgIpc) is 3.63. The van der Waals surface area contributed by atoms with Crippen molar-refractivity contribution in [1.82, 2.24) is 0 Å². The maximum Gasteiger partial charge on any atom is 0.138 e. The molecule has 43 heavy (non-hydrogen) atoms. The molecule has 0 bridgehead atoms. The highest BCUT2D eigenvalue weighted by Crippen LogP contribution is 2.47. The van der Waals surface area contributed by atoms with Crippen molar-refractivity contribution >= 4 is 71.7 Å². The summed E-state index contributed by atoms with van der Waals surface area (Å²) < 4.78 is 12.9. The lowest BCUT2D eigenvalue weighted by atomic mass is 9.98. The highest BCUT2D eigenvalue weighted by Gasteiger charge is 2.23. The van der Waals surface area contributed by atoms with Gasteiger partial charge < -0.3 is 13.7 Å². The Labute approximate surface area is 247 Å². The molecular weight excluding hydrogens is 526 g/mol. The molecular formula is C40H25NO2. The standard InChI is InChI=1S/C40H25NO2/c1-2-12-26(13-3-1)28-14-6-9-19-34(28)41(27-22-23-31-30-16-7-10-20-36(30)42-38(31)24-27)35-25-39-40(32-17-5-4-15-29(32)35)33-18-8-11-21-37(33)43-39/h1-25H. The van der Waals surface area contributed by atoms with Crippen LogP contribution < -0.4 is 4.90 Å². The van der Waals surface area contributed by atoms with E-state index >= 15 is 0 Å². The maximum absolute atomic E-state index is 6.50. The van der Waals surface area contributed by atoms with E-state index in [2.05, 4.69) is 132 Å². The summed E-state index contributed by atoms with van der Waals surface area (Å²) in [6, 6.07) is 53.1. The molecule has 0 aliphatic rings. The van der Waals surface area contributed by atoms with Gasteiger partial charge in [0.25, 0.3) is 0 Å². The number of anilines is 3. The van der Waals surface area contributed by atoms with Crippen molar-refractivity contribution in [2.75, 3.05) is 4.90 Å². The molecule has 9 rings (SSSR count). The van der Waals surface area contributed by atoms with Crippen molar-refractivity contribution in [3.63, 3.8) is 0 Å². The highest BCUT2D eigenvalue weighted by atomic mass is 16.3. The van der Waals surface area contributed by atoms with Crippen LogP contribution in [-0.2, 0) is 0 Å². The van der Waals surface area contributed by atoms with Crippen LogP contribution in [0.2, 0.25) is 0 Å². The topological polar surface area (TPSA) is 29.5 Å². The van der Waals surface area contributed by atoms with Gasteiger partial charge in [-0.05, 0) is 41.3 Å². The first kappa shape index (κ1) is 23.9. The molecule has 0 aliphatic heterocycles. The van der Waals surface area contributed by atoms with E-state index in [0.717, 1.165) is 82.8 Å². The highest BCUT2D eigenvalue weighted by molar-refractivity contribution is 6.22. The molecule has 0 saturated carbocycles. The average molecular weight is 552 g/mol. The SMILES string of the molecule is c1ccc(-c2ccccc2N(c2ccc3c(c2)oc2ccccc23)c2cc3oc4ccccc4c3c3ccccc23)cc1. The second-order valence-corrected chi connectivity index (χ2v) is 10.9. The zero-order chi connectivity index (χ0) is 28.3. The van der Waals surface area contributed by atoms with E-state index in [-0.39, 0.29) is 0 Å². The summed E-state index contributed by atoms with van der Waals surface area (Å²) in [5.74, 6) is 0. The van der Waals surface area contributed by atoms with Crippen molar-refractivity contribution in [3.05, 3.63) is 152 Å². The summed E-state index contributed by atoms with van der Waals surface area (Å²) in [5.41, 5.74) is 8.92. The quantitative estimate of drug-likeness (QED) is 0.218. The molecule has 0 atom stereocenters. The molecule has 0 amide bonds. The summed E-state index contributed by atoms with van der Waals surface area (Å²) in [7, 11) is 0. The predicted octanol–water partition coefficient (Wildman–Crippen LogP) is 11.8. The molecule has 0 unspecified atom stereocenters. The Morgan fingerprint density at radius 1 is 0.372 bits per heavy atom. The minimum atomic E-state index is 0.856. The van der Waals surface area contributed by atoms with E-state index in [0.29, 0.717) is 0 Å². The molecule has 7 aromatic carbocycles. The first-order valence-electron chi connectivity index (χ1n) is 14.5. The van der Waals surface area contributed by atoms with Crippen LogP contribution in [0, 0.1) is 0 Å². The lowest BCUT2D eigenvalue weighted by molar-refractivity contribution is 0.669.